The number of imidazole rings is 1. The average Bonchev–Trinajstić information content (AvgIpc) is 3.56. The molecule has 0 fully saturated rings. The van der Waals surface area contributed by atoms with Crippen molar-refractivity contribution in [2.45, 2.75) is 213 Å². The number of amides is 10. The van der Waals surface area contributed by atoms with E-state index in [1.807, 2.05) is 0 Å². The molecule has 88 heavy (non-hydrogen) atoms. The highest BCUT2D eigenvalue weighted by Gasteiger charge is 2.37. The van der Waals surface area contributed by atoms with E-state index in [0.717, 1.165) is 0 Å². The third-order valence-corrected chi connectivity index (χ3v) is 13.9. The van der Waals surface area contributed by atoms with Gasteiger partial charge in [-0.05, 0) is 108 Å². The van der Waals surface area contributed by atoms with E-state index >= 15 is 0 Å². The third-order valence-electron chi connectivity index (χ3n) is 13.9. The summed E-state index contributed by atoms with van der Waals surface area (Å²) >= 11 is 0. The molecule has 0 aliphatic heterocycles. The molecule has 1 rings (SSSR count). The summed E-state index contributed by atoms with van der Waals surface area (Å²) in [5.41, 5.74) is 39.2. The Morgan fingerprint density at radius 1 is 0.500 bits per heavy atom. The van der Waals surface area contributed by atoms with Crippen molar-refractivity contribution in [3.8, 4) is 0 Å². The summed E-state index contributed by atoms with van der Waals surface area (Å²) in [7, 11) is 0. The molecular formula is C56H102N20O12. The van der Waals surface area contributed by atoms with Crippen LogP contribution in [0.4, 0.5) is 0 Å². The lowest BCUT2D eigenvalue weighted by atomic mass is 9.96. The Kier molecular flexibility index (Phi) is 36.3. The van der Waals surface area contributed by atoms with Crippen molar-refractivity contribution >= 4 is 77.0 Å². The number of unbranched alkanes of at least 4 members (excludes halogenated alkanes) is 1. The number of aliphatic carboxylic acids is 1. The van der Waals surface area contributed by atoms with Gasteiger partial charge in [-0.25, -0.2) is 9.78 Å². The van der Waals surface area contributed by atoms with Crippen LogP contribution in [0.15, 0.2) is 22.5 Å². The number of carbonyl (C=O) groups is 11. The molecule has 1 aromatic heterocycles. The van der Waals surface area contributed by atoms with E-state index in [2.05, 4.69) is 67.8 Å². The van der Waals surface area contributed by atoms with Crippen LogP contribution in [0.3, 0.4) is 0 Å². The maximum Gasteiger partial charge on any atom is 0.326 e. The molecule has 0 aliphatic rings. The number of nitrogens with one attached hydrogen (secondary N) is 10. The number of H-pyrrole nitrogens is 1. The minimum atomic E-state index is -1.51. The van der Waals surface area contributed by atoms with E-state index in [4.69, 9.17) is 40.1 Å². The standard InChI is InChI=1S/C56H102N20O12/c1-10-32(8)44(76-48(81)35(15-11-12-20-57)69-46(79)36(68-45(78)33(9)58)16-13-21-65-55(60)61)53(86)75-41(25-31(6)7)51(84)74-42(26-34-27-64-28-67-34)52(85)70-37(17-14-22-66-56(62)63)47(80)72-40(24-30(4)5)50(83)73-39(23-29(2)3)49(82)71-38(54(87)88)18-19-43(59)77/h27-33,35-42,44H,10-26,57-58H2,1-9H3,(H2,59,77)(H,64,67)(H,68,78)(H,69,79)(H,70,85)(H,71,82)(H,72,80)(H,73,83)(H,74,84)(H,75,86)(H,76,81)(H,87,88)(H4,60,61,65)(H4,62,63,66)/t32-,33-,35-,36-,37-,38-,39-,40-,41-,42-,44-/m0/s1. The SMILES string of the molecule is CC[C@H](C)[C@H](NC(=O)[C@H](CCCCN)NC(=O)[C@H](CCCN=C(N)N)NC(=O)[C@H](C)N)C(=O)N[C@@H](CC(C)C)C(=O)N[C@@H](Cc1cnc[nH]1)C(=O)N[C@@H](CCCN=C(N)N)C(=O)N[C@@H](CC(C)C)C(=O)N[C@@H](CC(C)C)C(=O)N[C@@H](CCC(N)=O)C(=O)O. The van der Waals surface area contributed by atoms with Crippen LogP contribution in [0.1, 0.15) is 151 Å². The topological polar surface area (TPSA) is 552 Å². The molecule has 0 spiro atoms. The zero-order valence-electron chi connectivity index (χ0n) is 52.6. The molecule has 32 heteroatoms. The number of aromatic amines is 1. The lowest BCUT2D eigenvalue weighted by Gasteiger charge is -2.30. The van der Waals surface area contributed by atoms with Crippen LogP contribution in [0.2, 0.25) is 0 Å². The van der Waals surface area contributed by atoms with Crippen LogP contribution in [0, 0.1) is 23.7 Å². The predicted octanol–water partition coefficient (Wildman–Crippen LogP) is -3.57. The fourth-order valence-corrected chi connectivity index (χ4v) is 8.94. The molecule has 11 atom stereocenters. The first kappa shape index (κ1) is 77.9. The van der Waals surface area contributed by atoms with Gasteiger partial charge in [-0.3, -0.25) is 57.9 Å². The minimum absolute atomic E-state index is 0.0186. The van der Waals surface area contributed by atoms with Crippen LogP contribution in [0.25, 0.3) is 0 Å². The number of carboxylic acid groups (broad SMARTS) is 1. The minimum Gasteiger partial charge on any atom is -0.480 e. The summed E-state index contributed by atoms with van der Waals surface area (Å²) in [5, 5.41) is 33.8. The van der Waals surface area contributed by atoms with Gasteiger partial charge in [0.25, 0.3) is 0 Å². The first-order valence-corrected chi connectivity index (χ1v) is 30.1. The lowest BCUT2D eigenvalue weighted by molar-refractivity contribution is -0.142. The first-order chi connectivity index (χ1) is 41.3. The number of carboxylic acids is 1. The van der Waals surface area contributed by atoms with Crippen molar-refractivity contribution in [1.29, 1.82) is 0 Å². The number of nitrogens with zero attached hydrogens (tertiary/aromatic N) is 3. The number of rotatable bonds is 44. The molecule has 0 saturated heterocycles. The van der Waals surface area contributed by atoms with Crippen LogP contribution in [-0.2, 0) is 59.2 Å². The van der Waals surface area contributed by atoms with Gasteiger partial charge in [-0.15, -0.1) is 0 Å². The molecular weight excluding hydrogens is 1140 g/mol. The molecule has 25 N–H and O–H groups in total. The smallest absolute Gasteiger partial charge is 0.326 e. The van der Waals surface area contributed by atoms with Gasteiger partial charge in [-0.2, -0.15) is 0 Å². The van der Waals surface area contributed by atoms with E-state index < -0.39 is 131 Å². The Morgan fingerprint density at radius 2 is 0.875 bits per heavy atom. The fraction of sp³-hybridized carbons (Fsp3) is 0.714. The molecule has 1 aromatic rings. The number of aromatic nitrogens is 2. The normalized spacial score (nSPS) is 15.0. The first-order valence-electron chi connectivity index (χ1n) is 30.1. The van der Waals surface area contributed by atoms with Crippen LogP contribution < -0.4 is 88.0 Å². The monoisotopic (exact) mass is 1250 g/mol. The third kappa shape index (κ3) is 31.5. The van der Waals surface area contributed by atoms with Crippen molar-refractivity contribution < 1.29 is 57.8 Å². The number of hydrogen-bond acceptors (Lipinski definition) is 16. The highest BCUT2D eigenvalue weighted by molar-refractivity contribution is 5.98. The molecule has 0 saturated carbocycles. The summed E-state index contributed by atoms with van der Waals surface area (Å²) in [6.45, 7) is 16.1. The molecule has 0 aliphatic carbocycles. The Morgan fingerprint density at radius 3 is 1.25 bits per heavy atom. The number of guanidine groups is 2. The summed E-state index contributed by atoms with van der Waals surface area (Å²) in [6, 6.07) is -12.9. The predicted molar refractivity (Wildman–Crippen MR) is 330 cm³/mol. The molecule has 0 unspecified atom stereocenters. The quantitative estimate of drug-likeness (QED) is 0.0171. The number of carbonyl (C=O) groups excluding carboxylic acids is 10. The number of hydrogen-bond donors (Lipinski definition) is 18. The van der Waals surface area contributed by atoms with Gasteiger partial charge in [0.15, 0.2) is 11.9 Å². The van der Waals surface area contributed by atoms with E-state index in [0.29, 0.717) is 25.0 Å². The second-order valence-electron chi connectivity index (χ2n) is 23.3. The van der Waals surface area contributed by atoms with Crippen molar-refractivity contribution in [3.63, 3.8) is 0 Å². The number of nitrogens with two attached hydrogens (primary N) is 7. The van der Waals surface area contributed by atoms with Crippen LogP contribution in [-0.4, -0.2) is 172 Å². The summed E-state index contributed by atoms with van der Waals surface area (Å²) in [5.74, 6) is -10.8. The lowest BCUT2D eigenvalue weighted by Crippen LogP contribution is -2.61. The Labute approximate surface area is 515 Å². The van der Waals surface area contributed by atoms with E-state index in [1.54, 1.807) is 55.4 Å². The molecule has 498 valence electrons. The van der Waals surface area contributed by atoms with Gasteiger partial charge in [-0.1, -0.05) is 61.8 Å². The van der Waals surface area contributed by atoms with Gasteiger partial charge < -0.3 is 98.1 Å². The zero-order chi connectivity index (χ0) is 66.8. The Balaban J connectivity index is 3.71. The molecule has 10 amide bonds. The zero-order valence-corrected chi connectivity index (χ0v) is 52.6. The maximum absolute atomic E-state index is 14.7. The largest absolute Gasteiger partial charge is 0.480 e. The summed E-state index contributed by atoms with van der Waals surface area (Å²) in [4.78, 5) is 165. The van der Waals surface area contributed by atoms with Gasteiger partial charge in [0.05, 0.1) is 12.4 Å². The van der Waals surface area contributed by atoms with Gasteiger partial charge in [0.2, 0.25) is 59.1 Å². The number of primary amides is 1. The van der Waals surface area contributed by atoms with E-state index in [1.165, 1.54) is 19.4 Å². The molecule has 1 heterocycles. The van der Waals surface area contributed by atoms with Crippen LogP contribution >= 0.6 is 0 Å². The van der Waals surface area contributed by atoms with Crippen LogP contribution in [0.5, 0.6) is 0 Å². The summed E-state index contributed by atoms with van der Waals surface area (Å²) in [6.07, 6.45) is 3.74. The Bertz CT molecular complexity index is 2470. The van der Waals surface area contributed by atoms with Crippen molar-refractivity contribution in [3.05, 3.63) is 18.2 Å². The van der Waals surface area contributed by atoms with E-state index in [-0.39, 0.29) is 120 Å². The van der Waals surface area contributed by atoms with Crippen molar-refractivity contribution in [2.75, 3.05) is 19.6 Å². The highest BCUT2D eigenvalue weighted by atomic mass is 16.4. The second-order valence-corrected chi connectivity index (χ2v) is 23.3. The number of aliphatic imine (C=N–C) groups is 2. The average molecular weight is 1250 g/mol. The van der Waals surface area contributed by atoms with Gasteiger partial charge in [0, 0.05) is 37.8 Å². The van der Waals surface area contributed by atoms with Gasteiger partial charge in [0.1, 0.15) is 54.4 Å². The molecule has 0 aromatic carbocycles. The van der Waals surface area contributed by atoms with Gasteiger partial charge >= 0.3 is 5.97 Å². The fourth-order valence-electron chi connectivity index (χ4n) is 8.94. The second kappa shape index (κ2) is 41.1. The molecule has 0 radical (unpaired) electrons. The molecule has 32 nitrogen and oxygen atoms in total. The van der Waals surface area contributed by atoms with E-state index in [9.17, 15) is 57.8 Å². The summed E-state index contributed by atoms with van der Waals surface area (Å²) < 4.78 is 0. The molecule has 0 bridgehead atoms. The maximum atomic E-state index is 14.7. The Hall–Kier alpha value is -8.16. The van der Waals surface area contributed by atoms with Crippen molar-refractivity contribution in [1.82, 2.24) is 57.8 Å². The van der Waals surface area contributed by atoms with Crippen molar-refractivity contribution in [2.24, 2.45) is 73.8 Å². The highest BCUT2D eigenvalue weighted by Crippen LogP contribution is 2.16.